The molecule has 3 aromatic heterocycles. The van der Waals surface area contributed by atoms with E-state index < -0.39 is 5.97 Å². The van der Waals surface area contributed by atoms with Crippen molar-refractivity contribution in [3.05, 3.63) is 52.1 Å². The molecule has 0 radical (unpaired) electrons. The minimum Gasteiger partial charge on any atom is -0.467 e. The Labute approximate surface area is 152 Å². The van der Waals surface area contributed by atoms with E-state index in [2.05, 4.69) is 10.3 Å². The molecule has 1 amide bonds. The zero-order valence-electron chi connectivity index (χ0n) is 13.4. The lowest BCUT2D eigenvalue weighted by Crippen LogP contribution is -2.31. The van der Waals surface area contributed by atoms with Crippen molar-refractivity contribution in [1.82, 2.24) is 10.3 Å². The Morgan fingerprint density at radius 1 is 1.36 bits per heavy atom. The van der Waals surface area contributed by atoms with E-state index in [1.165, 1.54) is 17.6 Å². The number of hydrogen-bond acceptors (Lipinski definition) is 7. The molecule has 6 nitrogen and oxygen atoms in total. The fourth-order valence-corrected chi connectivity index (χ4v) is 3.68. The molecule has 3 rings (SSSR count). The summed E-state index contributed by atoms with van der Waals surface area (Å²) in [6, 6.07) is 5.21. The van der Waals surface area contributed by atoms with Gasteiger partial charge in [-0.2, -0.15) is 11.3 Å². The van der Waals surface area contributed by atoms with Crippen molar-refractivity contribution < 1.29 is 18.7 Å². The van der Waals surface area contributed by atoms with E-state index in [1.54, 1.807) is 30.4 Å². The molecule has 0 aliphatic carbocycles. The number of amides is 1. The number of furan rings is 1. The maximum atomic E-state index is 11.9. The lowest BCUT2D eigenvalue weighted by Gasteiger charge is -2.11. The highest BCUT2D eigenvalue weighted by Crippen LogP contribution is 2.25. The normalized spacial score (nSPS) is 11.9. The summed E-state index contributed by atoms with van der Waals surface area (Å²) < 4.78 is 10.2. The first kappa shape index (κ1) is 17.4. The van der Waals surface area contributed by atoms with Gasteiger partial charge in [0.15, 0.2) is 6.61 Å². The fraction of sp³-hybridized carbons (Fsp3) is 0.235. The van der Waals surface area contributed by atoms with Gasteiger partial charge in [-0.3, -0.25) is 9.59 Å². The molecule has 3 heterocycles. The molecule has 0 aromatic carbocycles. The summed E-state index contributed by atoms with van der Waals surface area (Å²) >= 11 is 3.08. The van der Waals surface area contributed by atoms with Gasteiger partial charge in [0.2, 0.25) is 0 Å². The van der Waals surface area contributed by atoms with Gasteiger partial charge < -0.3 is 14.5 Å². The van der Waals surface area contributed by atoms with Gasteiger partial charge in [-0.15, -0.1) is 11.3 Å². The maximum absolute atomic E-state index is 11.9. The number of carbonyl (C=O) groups excluding carboxylic acids is 2. The number of nitrogens with one attached hydrogen (secondary N) is 1. The number of hydrogen-bond donors (Lipinski definition) is 1. The third-order valence-electron chi connectivity index (χ3n) is 3.36. The second-order valence-corrected chi connectivity index (χ2v) is 6.94. The third-order valence-corrected chi connectivity index (χ3v) is 4.98. The van der Waals surface area contributed by atoms with Crippen LogP contribution in [-0.2, 0) is 20.7 Å². The summed E-state index contributed by atoms with van der Waals surface area (Å²) in [7, 11) is 0. The second kappa shape index (κ2) is 8.09. The molecule has 3 aromatic rings. The van der Waals surface area contributed by atoms with Crippen molar-refractivity contribution >= 4 is 34.6 Å². The van der Waals surface area contributed by atoms with Crippen molar-refractivity contribution in [2.75, 3.05) is 6.61 Å². The average molecular weight is 376 g/mol. The highest BCUT2D eigenvalue weighted by atomic mass is 32.1. The van der Waals surface area contributed by atoms with Crippen LogP contribution >= 0.6 is 22.7 Å². The number of nitrogens with zero attached hydrogens (tertiary/aromatic N) is 1. The Kier molecular flexibility index (Phi) is 5.62. The second-order valence-electron chi connectivity index (χ2n) is 5.30. The molecule has 1 atom stereocenters. The molecule has 0 unspecified atom stereocenters. The van der Waals surface area contributed by atoms with Gasteiger partial charge in [-0.1, -0.05) is 0 Å². The number of carbonyl (C=O) groups is 2. The summed E-state index contributed by atoms with van der Waals surface area (Å²) in [5, 5.41) is 9.38. The molecule has 8 heteroatoms. The molecule has 0 aliphatic rings. The first-order chi connectivity index (χ1) is 12.1. The zero-order chi connectivity index (χ0) is 17.6. The van der Waals surface area contributed by atoms with Crippen molar-refractivity contribution in [2.24, 2.45) is 0 Å². The van der Waals surface area contributed by atoms with Crippen molar-refractivity contribution in [3.63, 3.8) is 0 Å². The monoisotopic (exact) mass is 376 g/mol. The number of thiophene rings is 1. The van der Waals surface area contributed by atoms with Crippen molar-refractivity contribution in [2.45, 2.75) is 19.4 Å². The molecular weight excluding hydrogens is 360 g/mol. The predicted octanol–water partition coefficient (Wildman–Crippen LogP) is 3.43. The topological polar surface area (TPSA) is 81.4 Å². The van der Waals surface area contributed by atoms with Crippen LogP contribution in [0.2, 0.25) is 0 Å². The Morgan fingerprint density at radius 2 is 2.24 bits per heavy atom. The standard InChI is InChI=1S/C17H16N2O4S2/c1-11(14-3-2-5-22-14)18-15(20)8-23-16(21)7-13-10-25-17(19-13)12-4-6-24-9-12/h2-6,9-11H,7-8H2,1H3,(H,18,20)/t11-/m0/s1. The predicted molar refractivity (Wildman–Crippen MR) is 95.4 cm³/mol. The van der Waals surface area contributed by atoms with Crippen LogP contribution in [0.1, 0.15) is 24.4 Å². The first-order valence-corrected chi connectivity index (χ1v) is 9.39. The average Bonchev–Trinajstić information content (AvgIpc) is 3.32. The van der Waals surface area contributed by atoms with Crippen LogP contribution in [0.4, 0.5) is 0 Å². The molecular formula is C17H16N2O4S2. The summed E-state index contributed by atoms with van der Waals surface area (Å²) in [5.41, 5.74) is 1.68. The van der Waals surface area contributed by atoms with E-state index >= 15 is 0 Å². The minimum absolute atomic E-state index is 0.0433. The van der Waals surface area contributed by atoms with E-state index in [-0.39, 0.29) is 25.0 Å². The molecule has 130 valence electrons. The molecule has 25 heavy (non-hydrogen) atoms. The lowest BCUT2D eigenvalue weighted by molar-refractivity contribution is -0.148. The Balaban J connectivity index is 1.44. The molecule has 0 saturated heterocycles. The van der Waals surface area contributed by atoms with Gasteiger partial charge >= 0.3 is 5.97 Å². The van der Waals surface area contributed by atoms with Gasteiger partial charge in [0.05, 0.1) is 24.4 Å². The summed E-state index contributed by atoms with van der Waals surface area (Å²) in [6.07, 6.45) is 1.58. The molecule has 1 N–H and O–H groups in total. The van der Waals surface area contributed by atoms with Gasteiger partial charge in [-0.05, 0) is 30.5 Å². The van der Waals surface area contributed by atoms with E-state index in [4.69, 9.17) is 9.15 Å². The number of aromatic nitrogens is 1. The largest absolute Gasteiger partial charge is 0.467 e. The maximum Gasteiger partial charge on any atom is 0.312 e. The third kappa shape index (κ3) is 4.77. The Morgan fingerprint density at radius 3 is 2.96 bits per heavy atom. The Bertz CT molecular complexity index is 825. The van der Waals surface area contributed by atoms with Crippen LogP contribution in [0.15, 0.2) is 45.0 Å². The molecule has 0 fully saturated rings. The summed E-state index contributed by atoms with van der Waals surface area (Å²) in [4.78, 5) is 28.1. The van der Waals surface area contributed by atoms with E-state index in [9.17, 15) is 9.59 Å². The quantitative estimate of drug-likeness (QED) is 0.639. The molecule has 0 aliphatic heterocycles. The first-order valence-electron chi connectivity index (χ1n) is 7.57. The SMILES string of the molecule is C[C@H](NC(=O)COC(=O)Cc1csc(-c2ccsc2)n1)c1ccco1. The highest BCUT2D eigenvalue weighted by Gasteiger charge is 2.15. The molecule has 0 bridgehead atoms. The smallest absolute Gasteiger partial charge is 0.312 e. The van der Waals surface area contributed by atoms with Gasteiger partial charge in [0, 0.05) is 16.3 Å². The van der Waals surface area contributed by atoms with Gasteiger partial charge in [0.1, 0.15) is 10.8 Å². The van der Waals surface area contributed by atoms with Crippen LogP contribution in [0.5, 0.6) is 0 Å². The summed E-state index contributed by atoms with van der Waals surface area (Å²) in [5.74, 6) is -0.222. The summed E-state index contributed by atoms with van der Waals surface area (Å²) in [6.45, 7) is 1.46. The van der Waals surface area contributed by atoms with Crippen molar-refractivity contribution in [3.8, 4) is 10.6 Å². The lowest BCUT2D eigenvalue weighted by atomic mass is 10.2. The van der Waals surface area contributed by atoms with E-state index in [1.807, 2.05) is 22.2 Å². The van der Waals surface area contributed by atoms with Crippen LogP contribution in [0.3, 0.4) is 0 Å². The number of esters is 1. The fourth-order valence-electron chi connectivity index (χ4n) is 2.14. The van der Waals surface area contributed by atoms with Crippen LogP contribution < -0.4 is 5.32 Å². The van der Waals surface area contributed by atoms with Crippen LogP contribution in [0.25, 0.3) is 10.6 Å². The Hall–Kier alpha value is -2.45. The van der Waals surface area contributed by atoms with Crippen LogP contribution in [-0.4, -0.2) is 23.5 Å². The minimum atomic E-state index is -0.483. The van der Waals surface area contributed by atoms with Crippen molar-refractivity contribution in [1.29, 1.82) is 0 Å². The van der Waals surface area contributed by atoms with E-state index in [0.717, 1.165) is 10.6 Å². The molecule has 0 spiro atoms. The number of ether oxygens (including phenoxy) is 1. The highest BCUT2D eigenvalue weighted by molar-refractivity contribution is 7.14. The molecule has 0 saturated carbocycles. The van der Waals surface area contributed by atoms with Gasteiger partial charge in [-0.25, -0.2) is 4.98 Å². The van der Waals surface area contributed by atoms with Gasteiger partial charge in [0.25, 0.3) is 5.91 Å². The number of rotatable bonds is 7. The number of thiazole rings is 1. The van der Waals surface area contributed by atoms with E-state index in [0.29, 0.717) is 11.5 Å². The zero-order valence-corrected chi connectivity index (χ0v) is 15.1. The van der Waals surface area contributed by atoms with Crippen LogP contribution in [0, 0.1) is 0 Å².